The lowest BCUT2D eigenvalue weighted by atomic mass is 9.80. The third kappa shape index (κ3) is 3.17. The minimum atomic E-state index is -0.136. The van der Waals surface area contributed by atoms with Crippen LogP contribution in [0.5, 0.6) is 0 Å². The molecular formula is C17H17Cl2NOS. The third-order valence-corrected chi connectivity index (χ3v) is 5.69. The standard InChI is InChI=1S/C17H17Cl2NOS/c18-13-3-4-14(15(19)9-13)16(21)20-11-17(6-1-2-7-17)12-5-8-22-10-12/h3-5,8-10H,1-2,6-7,11H2,(H,20,21). The first-order valence-electron chi connectivity index (χ1n) is 7.37. The average molecular weight is 354 g/mol. The molecule has 1 aliphatic carbocycles. The van der Waals surface area contributed by atoms with Crippen LogP contribution in [-0.4, -0.2) is 12.5 Å². The van der Waals surface area contributed by atoms with E-state index in [0.29, 0.717) is 22.2 Å². The summed E-state index contributed by atoms with van der Waals surface area (Å²) in [7, 11) is 0. The van der Waals surface area contributed by atoms with Gasteiger partial charge in [-0.25, -0.2) is 0 Å². The summed E-state index contributed by atoms with van der Waals surface area (Å²) in [6.45, 7) is 0.654. The molecule has 2 aromatic rings. The van der Waals surface area contributed by atoms with Crippen LogP contribution in [0.2, 0.25) is 10.0 Å². The van der Waals surface area contributed by atoms with Crippen molar-refractivity contribution in [3.63, 3.8) is 0 Å². The highest BCUT2D eigenvalue weighted by molar-refractivity contribution is 7.08. The summed E-state index contributed by atoms with van der Waals surface area (Å²) in [6, 6.07) is 7.14. The van der Waals surface area contributed by atoms with Gasteiger partial charge in [-0.1, -0.05) is 36.0 Å². The number of nitrogens with one attached hydrogen (secondary N) is 1. The number of thiophene rings is 1. The lowest BCUT2D eigenvalue weighted by molar-refractivity contribution is 0.0943. The molecule has 0 aliphatic heterocycles. The van der Waals surface area contributed by atoms with Crippen molar-refractivity contribution in [1.82, 2.24) is 5.32 Å². The Kier molecular flexibility index (Phi) is 4.76. The molecule has 1 aromatic heterocycles. The van der Waals surface area contributed by atoms with Gasteiger partial charge in [-0.15, -0.1) is 0 Å². The Morgan fingerprint density at radius 1 is 1.23 bits per heavy atom. The Bertz CT molecular complexity index is 663. The van der Waals surface area contributed by atoms with E-state index in [1.54, 1.807) is 29.5 Å². The van der Waals surface area contributed by atoms with Gasteiger partial charge in [0.15, 0.2) is 0 Å². The van der Waals surface area contributed by atoms with Gasteiger partial charge >= 0.3 is 0 Å². The van der Waals surface area contributed by atoms with Crippen molar-refractivity contribution in [2.75, 3.05) is 6.54 Å². The number of hydrogen-bond donors (Lipinski definition) is 1. The number of carbonyl (C=O) groups is 1. The second-order valence-corrected chi connectivity index (χ2v) is 7.43. The molecule has 0 radical (unpaired) electrons. The third-order valence-electron chi connectivity index (χ3n) is 4.46. The fourth-order valence-corrected chi connectivity index (χ4v) is 4.48. The van der Waals surface area contributed by atoms with Crippen molar-refractivity contribution in [3.05, 3.63) is 56.2 Å². The summed E-state index contributed by atoms with van der Waals surface area (Å²) >= 11 is 13.7. The van der Waals surface area contributed by atoms with Crippen LogP contribution < -0.4 is 5.32 Å². The molecule has 3 rings (SSSR count). The van der Waals surface area contributed by atoms with Crippen molar-refractivity contribution in [2.24, 2.45) is 0 Å². The fourth-order valence-electron chi connectivity index (χ4n) is 3.20. The minimum absolute atomic E-state index is 0.0779. The van der Waals surface area contributed by atoms with Crippen LogP contribution in [0.25, 0.3) is 0 Å². The normalized spacial score (nSPS) is 16.6. The van der Waals surface area contributed by atoms with Crippen LogP contribution in [0.15, 0.2) is 35.0 Å². The van der Waals surface area contributed by atoms with Gasteiger partial charge in [0.05, 0.1) is 10.6 Å². The van der Waals surface area contributed by atoms with Crippen LogP contribution in [0.3, 0.4) is 0 Å². The average Bonchev–Trinajstić information content (AvgIpc) is 3.17. The first-order valence-corrected chi connectivity index (χ1v) is 9.07. The van der Waals surface area contributed by atoms with Crippen molar-refractivity contribution in [3.8, 4) is 0 Å². The summed E-state index contributed by atoms with van der Waals surface area (Å²) < 4.78 is 0. The molecule has 1 aliphatic rings. The van der Waals surface area contributed by atoms with E-state index in [4.69, 9.17) is 23.2 Å². The van der Waals surface area contributed by atoms with Gasteiger partial charge in [0.1, 0.15) is 0 Å². The van der Waals surface area contributed by atoms with Crippen LogP contribution in [-0.2, 0) is 5.41 Å². The Balaban J connectivity index is 1.74. The summed E-state index contributed by atoms with van der Waals surface area (Å²) in [5.41, 5.74) is 1.90. The Labute approximate surface area is 144 Å². The van der Waals surface area contributed by atoms with Crippen LogP contribution >= 0.6 is 34.5 Å². The SMILES string of the molecule is O=C(NCC1(c2ccsc2)CCCC1)c1ccc(Cl)cc1Cl. The Morgan fingerprint density at radius 2 is 2.00 bits per heavy atom. The molecule has 5 heteroatoms. The number of amides is 1. The number of rotatable bonds is 4. The van der Waals surface area contributed by atoms with Crippen molar-refractivity contribution in [1.29, 1.82) is 0 Å². The summed E-state index contributed by atoms with van der Waals surface area (Å²) in [5, 5.41) is 8.30. The zero-order valence-electron chi connectivity index (χ0n) is 12.1. The number of benzene rings is 1. The molecule has 0 atom stereocenters. The largest absolute Gasteiger partial charge is 0.351 e. The predicted octanol–water partition coefficient (Wildman–Crippen LogP) is 5.30. The molecule has 0 spiro atoms. The van der Waals surface area contributed by atoms with Gasteiger partial charge in [-0.2, -0.15) is 11.3 Å². The second kappa shape index (κ2) is 6.61. The van der Waals surface area contributed by atoms with Crippen LogP contribution in [0.4, 0.5) is 0 Å². The van der Waals surface area contributed by atoms with Crippen LogP contribution in [0, 0.1) is 0 Å². The van der Waals surface area contributed by atoms with Gasteiger partial charge in [-0.3, -0.25) is 4.79 Å². The van der Waals surface area contributed by atoms with Crippen molar-refractivity contribution in [2.45, 2.75) is 31.1 Å². The van der Waals surface area contributed by atoms with E-state index >= 15 is 0 Å². The second-order valence-electron chi connectivity index (χ2n) is 5.81. The maximum atomic E-state index is 12.4. The first-order chi connectivity index (χ1) is 10.6. The molecule has 1 N–H and O–H groups in total. The number of carbonyl (C=O) groups excluding carboxylic acids is 1. The molecule has 0 bridgehead atoms. The fraction of sp³-hybridized carbons (Fsp3) is 0.353. The topological polar surface area (TPSA) is 29.1 Å². The zero-order valence-corrected chi connectivity index (χ0v) is 14.4. The highest BCUT2D eigenvalue weighted by Crippen LogP contribution is 2.41. The maximum Gasteiger partial charge on any atom is 0.252 e. The lowest BCUT2D eigenvalue weighted by Gasteiger charge is -2.28. The number of hydrogen-bond acceptors (Lipinski definition) is 2. The molecule has 1 fully saturated rings. The molecule has 1 amide bonds. The van der Waals surface area contributed by atoms with E-state index in [2.05, 4.69) is 22.1 Å². The van der Waals surface area contributed by atoms with Crippen molar-refractivity contribution >= 4 is 40.4 Å². The molecule has 116 valence electrons. The molecule has 22 heavy (non-hydrogen) atoms. The van der Waals surface area contributed by atoms with Gasteiger partial charge in [-0.05, 0) is 53.4 Å². The highest BCUT2D eigenvalue weighted by atomic mass is 35.5. The predicted molar refractivity (Wildman–Crippen MR) is 93.3 cm³/mol. The molecule has 0 saturated heterocycles. The summed E-state index contributed by atoms with van der Waals surface area (Å²) in [4.78, 5) is 12.4. The molecular weight excluding hydrogens is 337 g/mol. The van der Waals surface area contributed by atoms with Gasteiger partial charge < -0.3 is 5.32 Å². The highest BCUT2D eigenvalue weighted by Gasteiger charge is 2.36. The van der Waals surface area contributed by atoms with E-state index in [0.717, 1.165) is 12.8 Å². The molecule has 1 saturated carbocycles. The van der Waals surface area contributed by atoms with E-state index in [9.17, 15) is 4.79 Å². The molecule has 0 unspecified atom stereocenters. The van der Waals surface area contributed by atoms with Gasteiger partial charge in [0.2, 0.25) is 0 Å². The lowest BCUT2D eigenvalue weighted by Crippen LogP contribution is -2.38. The minimum Gasteiger partial charge on any atom is -0.351 e. The smallest absolute Gasteiger partial charge is 0.252 e. The molecule has 1 aromatic carbocycles. The van der Waals surface area contributed by atoms with Gasteiger partial charge in [0.25, 0.3) is 5.91 Å². The quantitative estimate of drug-likeness (QED) is 0.793. The molecule has 2 nitrogen and oxygen atoms in total. The van der Waals surface area contributed by atoms with E-state index in [1.807, 2.05) is 0 Å². The number of halogens is 2. The van der Waals surface area contributed by atoms with Gasteiger partial charge in [0, 0.05) is 17.0 Å². The van der Waals surface area contributed by atoms with E-state index < -0.39 is 0 Å². The summed E-state index contributed by atoms with van der Waals surface area (Å²) in [5.74, 6) is -0.136. The van der Waals surface area contributed by atoms with Crippen molar-refractivity contribution < 1.29 is 4.79 Å². The monoisotopic (exact) mass is 353 g/mol. The van der Waals surface area contributed by atoms with E-state index in [1.165, 1.54) is 18.4 Å². The van der Waals surface area contributed by atoms with Crippen LogP contribution in [0.1, 0.15) is 41.6 Å². The Morgan fingerprint density at radius 3 is 2.64 bits per heavy atom. The maximum absolute atomic E-state index is 12.4. The Hall–Kier alpha value is -1.03. The first kappa shape index (κ1) is 15.9. The van der Waals surface area contributed by atoms with E-state index in [-0.39, 0.29) is 11.3 Å². The molecule has 1 heterocycles. The zero-order chi connectivity index (χ0) is 15.6. The summed E-state index contributed by atoms with van der Waals surface area (Å²) in [6.07, 6.45) is 4.68.